The van der Waals surface area contributed by atoms with Gasteiger partial charge < -0.3 is 13.9 Å². The molecule has 3 nitrogen and oxygen atoms in total. The molecule has 0 saturated carbocycles. The Labute approximate surface area is 318 Å². The molecule has 0 bridgehead atoms. The topological polar surface area (TPSA) is 21.3 Å². The fourth-order valence-corrected chi connectivity index (χ4v) is 8.41. The molecule has 11 rings (SSSR count). The van der Waals surface area contributed by atoms with Gasteiger partial charge in [-0.25, -0.2) is 0 Å². The van der Waals surface area contributed by atoms with E-state index in [4.69, 9.17) is 4.42 Å². The van der Waals surface area contributed by atoms with Crippen LogP contribution in [0.2, 0.25) is 0 Å². The SMILES string of the molecule is c1ccc(-c2cccc(N(c3ccc(-c4ccc(-n5c6ccccc6c6ccccc65)cc4)cc3)c3cc4ccccc4c4c3oc3ccccc34)c2)cc1. The largest absolute Gasteiger partial charge is 0.454 e. The van der Waals surface area contributed by atoms with Crippen molar-refractivity contribution in [2.24, 2.45) is 0 Å². The third-order valence-electron chi connectivity index (χ3n) is 11.0. The zero-order valence-corrected chi connectivity index (χ0v) is 29.9. The average Bonchev–Trinajstić information content (AvgIpc) is 3.82. The summed E-state index contributed by atoms with van der Waals surface area (Å²) in [6, 6.07) is 73.8. The molecule has 11 aromatic rings. The summed E-state index contributed by atoms with van der Waals surface area (Å²) < 4.78 is 9.14. The van der Waals surface area contributed by atoms with Gasteiger partial charge in [0.2, 0.25) is 0 Å². The van der Waals surface area contributed by atoms with E-state index < -0.39 is 0 Å². The van der Waals surface area contributed by atoms with E-state index in [-0.39, 0.29) is 0 Å². The molecular weight excluding hydrogens is 669 g/mol. The Balaban J connectivity index is 1.05. The molecule has 0 atom stereocenters. The van der Waals surface area contributed by atoms with E-state index in [2.05, 4.69) is 210 Å². The Kier molecular flexibility index (Phi) is 7.17. The van der Waals surface area contributed by atoms with Crippen LogP contribution in [0, 0.1) is 0 Å². The lowest BCUT2D eigenvalue weighted by Crippen LogP contribution is -2.10. The van der Waals surface area contributed by atoms with Crippen molar-refractivity contribution in [2.45, 2.75) is 0 Å². The molecular formula is C52H34N2O. The van der Waals surface area contributed by atoms with Crippen molar-refractivity contribution >= 4 is 71.6 Å². The number of rotatable bonds is 6. The smallest absolute Gasteiger partial charge is 0.160 e. The quantitative estimate of drug-likeness (QED) is 0.172. The number of benzene rings is 9. The summed E-state index contributed by atoms with van der Waals surface area (Å²) in [6.07, 6.45) is 0. The van der Waals surface area contributed by atoms with Crippen molar-refractivity contribution < 1.29 is 4.42 Å². The van der Waals surface area contributed by atoms with Gasteiger partial charge in [-0.1, -0.05) is 146 Å². The molecule has 0 N–H and O–H groups in total. The normalized spacial score (nSPS) is 11.6. The van der Waals surface area contributed by atoms with E-state index in [0.29, 0.717) is 0 Å². The molecule has 0 aliphatic rings. The van der Waals surface area contributed by atoms with Crippen molar-refractivity contribution in [3.05, 3.63) is 206 Å². The van der Waals surface area contributed by atoms with Gasteiger partial charge in [0.15, 0.2) is 5.58 Å². The molecule has 0 spiro atoms. The van der Waals surface area contributed by atoms with Gasteiger partial charge in [-0.2, -0.15) is 0 Å². The first-order valence-corrected chi connectivity index (χ1v) is 18.8. The Hall–Kier alpha value is -7.36. The molecule has 0 aliphatic carbocycles. The zero-order valence-electron chi connectivity index (χ0n) is 29.9. The number of furan rings is 1. The fourth-order valence-electron chi connectivity index (χ4n) is 8.41. The van der Waals surface area contributed by atoms with Crippen LogP contribution >= 0.6 is 0 Å². The number of aromatic nitrogens is 1. The molecule has 0 amide bonds. The third kappa shape index (κ3) is 5.13. The molecule has 2 aromatic heterocycles. The van der Waals surface area contributed by atoms with E-state index in [0.717, 1.165) is 55.8 Å². The van der Waals surface area contributed by atoms with Crippen LogP contribution in [0.3, 0.4) is 0 Å². The minimum Gasteiger partial charge on any atom is -0.454 e. The summed E-state index contributed by atoms with van der Waals surface area (Å²) in [4.78, 5) is 2.35. The summed E-state index contributed by atoms with van der Waals surface area (Å²) >= 11 is 0. The highest BCUT2D eigenvalue weighted by molar-refractivity contribution is 6.23. The number of fused-ring (bicyclic) bond motifs is 8. The molecule has 0 unspecified atom stereocenters. The molecule has 3 heteroatoms. The van der Waals surface area contributed by atoms with Crippen LogP contribution in [0.5, 0.6) is 0 Å². The summed E-state index contributed by atoms with van der Waals surface area (Å²) in [7, 11) is 0. The van der Waals surface area contributed by atoms with Crippen LogP contribution in [0.25, 0.3) is 82.5 Å². The van der Waals surface area contributed by atoms with Crippen molar-refractivity contribution in [3.8, 4) is 27.9 Å². The lowest BCUT2D eigenvalue weighted by Gasteiger charge is -2.27. The van der Waals surface area contributed by atoms with E-state index in [1.165, 1.54) is 43.7 Å². The van der Waals surface area contributed by atoms with Crippen molar-refractivity contribution in [1.82, 2.24) is 4.57 Å². The monoisotopic (exact) mass is 702 g/mol. The van der Waals surface area contributed by atoms with Gasteiger partial charge in [-0.3, -0.25) is 0 Å². The zero-order chi connectivity index (χ0) is 36.3. The predicted octanol–water partition coefficient (Wildman–Crippen LogP) is 14.6. The predicted molar refractivity (Wildman–Crippen MR) is 231 cm³/mol. The van der Waals surface area contributed by atoms with E-state index >= 15 is 0 Å². The first kappa shape index (κ1) is 31.2. The van der Waals surface area contributed by atoms with Gasteiger partial charge in [0.05, 0.1) is 16.7 Å². The van der Waals surface area contributed by atoms with Crippen LogP contribution in [0.15, 0.2) is 211 Å². The molecule has 2 heterocycles. The second-order valence-electron chi connectivity index (χ2n) is 14.1. The Bertz CT molecular complexity index is 3140. The number of hydrogen-bond donors (Lipinski definition) is 0. The Morgan fingerprint density at radius 2 is 0.945 bits per heavy atom. The summed E-state index contributed by atoms with van der Waals surface area (Å²) in [5, 5.41) is 7.14. The fraction of sp³-hybridized carbons (Fsp3) is 0. The highest BCUT2D eigenvalue weighted by atomic mass is 16.3. The third-order valence-corrected chi connectivity index (χ3v) is 11.0. The number of anilines is 3. The summed E-state index contributed by atoms with van der Waals surface area (Å²) in [6.45, 7) is 0. The molecule has 258 valence electrons. The Morgan fingerprint density at radius 3 is 1.67 bits per heavy atom. The van der Waals surface area contributed by atoms with Crippen LogP contribution in [-0.4, -0.2) is 4.57 Å². The summed E-state index contributed by atoms with van der Waals surface area (Å²) in [5.74, 6) is 0. The minimum atomic E-state index is 0.870. The second-order valence-corrected chi connectivity index (χ2v) is 14.1. The maximum Gasteiger partial charge on any atom is 0.160 e. The van der Waals surface area contributed by atoms with E-state index in [1.54, 1.807) is 0 Å². The lowest BCUT2D eigenvalue weighted by atomic mass is 10.00. The van der Waals surface area contributed by atoms with Crippen LogP contribution in [-0.2, 0) is 0 Å². The number of hydrogen-bond acceptors (Lipinski definition) is 2. The summed E-state index contributed by atoms with van der Waals surface area (Å²) in [5.41, 5.74) is 13.1. The first-order valence-electron chi connectivity index (χ1n) is 18.8. The second kappa shape index (κ2) is 12.6. The minimum absolute atomic E-state index is 0.870. The standard InChI is InChI=1S/C52H34N2O/c1-2-13-35(14-3-1)38-16-12-17-42(33-38)53(49-34-39-15-4-5-18-43(39)51-46-21-8-11-24-50(46)55-52(49)51)40-29-25-36(26-30-40)37-27-31-41(32-28-37)54-47-22-9-6-19-44(47)45-20-7-10-23-48(45)54/h1-34H. The van der Waals surface area contributed by atoms with E-state index in [9.17, 15) is 0 Å². The molecule has 0 aliphatic heterocycles. The van der Waals surface area contributed by atoms with Crippen molar-refractivity contribution in [1.29, 1.82) is 0 Å². The van der Waals surface area contributed by atoms with Crippen molar-refractivity contribution in [2.75, 3.05) is 4.90 Å². The first-order chi connectivity index (χ1) is 27.3. The van der Waals surface area contributed by atoms with Gasteiger partial charge in [0.25, 0.3) is 0 Å². The molecule has 0 saturated heterocycles. The van der Waals surface area contributed by atoms with Gasteiger partial charge in [-0.05, 0) is 93.7 Å². The molecule has 0 fully saturated rings. The van der Waals surface area contributed by atoms with Gasteiger partial charge in [0, 0.05) is 38.6 Å². The lowest BCUT2D eigenvalue weighted by molar-refractivity contribution is 0.669. The average molecular weight is 703 g/mol. The number of para-hydroxylation sites is 3. The van der Waals surface area contributed by atoms with Crippen LogP contribution < -0.4 is 4.90 Å². The highest BCUT2D eigenvalue weighted by Crippen LogP contribution is 2.46. The molecule has 0 radical (unpaired) electrons. The molecule has 9 aromatic carbocycles. The van der Waals surface area contributed by atoms with Gasteiger partial charge in [-0.15, -0.1) is 0 Å². The van der Waals surface area contributed by atoms with Crippen LogP contribution in [0.4, 0.5) is 17.1 Å². The highest BCUT2D eigenvalue weighted by Gasteiger charge is 2.22. The number of nitrogens with zero attached hydrogens (tertiary/aromatic N) is 2. The maximum atomic E-state index is 6.78. The Morgan fingerprint density at radius 1 is 0.382 bits per heavy atom. The van der Waals surface area contributed by atoms with E-state index in [1.807, 2.05) is 6.07 Å². The van der Waals surface area contributed by atoms with Crippen molar-refractivity contribution in [3.63, 3.8) is 0 Å². The van der Waals surface area contributed by atoms with Crippen LogP contribution in [0.1, 0.15) is 0 Å². The molecule has 55 heavy (non-hydrogen) atoms. The van der Waals surface area contributed by atoms with Gasteiger partial charge in [0.1, 0.15) is 5.58 Å². The van der Waals surface area contributed by atoms with Gasteiger partial charge >= 0.3 is 0 Å². The maximum absolute atomic E-state index is 6.78.